The zero-order valence-corrected chi connectivity index (χ0v) is 13.4. The van der Waals surface area contributed by atoms with Gasteiger partial charge in [0, 0.05) is 5.56 Å². The van der Waals surface area contributed by atoms with Gasteiger partial charge in [0.2, 0.25) is 0 Å². The first-order chi connectivity index (χ1) is 10.3. The zero-order valence-electron chi connectivity index (χ0n) is 13.4. The van der Waals surface area contributed by atoms with Gasteiger partial charge in [-0.1, -0.05) is 30.2 Å². The highest BCUT2D eigenvalue weighted by Gasteiger charge is 2.17. The second-order valence-electron chi connectivity index (χ2n) is 6.25. The highest BCUT2D eigenvalue weighted by molar-refractivity contribution is 5.90. The molecule has 0 atom stereocenters. The number of carbonyl (C=O) groups is 1. The number of carbonyl (C=O) groups excluding carboxylic acids is 1. The van der Waals surface area contributed by atoms with Crippen LogP contribution in [0, 0.1) is 19.3 Å². The molecule has 0 aliphatic heterocycles. The van der Waals surface area contributed by atoms with Crippen molar-refractivity contribution in [2.75, 3.05) is 0 Å². The summed E-state index contributed by atoms with van der Waals surface area (Å²) in [5.41, 5.74) is 4.14. The second-order valence-corrected chi connectivity index (χ2v) is 6.25. The molecule has 2 aromatic carbocycles. The lowest BCUT2D eigenvalue weighted by atomic mass is 9.99. The normalized spacial score (nSPS) is 10.9. The minimum Gasteiger partial charge on any atom is -0.456 e. The molecule has 2 aromatic rings. The maximum Gasteiger partial charge on any atom is 0.338 e. The highest BCUT2D eigenvalue weighted by atomic mass is 16.6. The van der Waals surface area contributed by atoms with Gasteiger partial charge in [0.25, 0.3) is 0 Å². The molecule has 0 saturated carbocycles. The predicted octanol–water partition coefficient (Wildman–Crippen LogP) is 4.60. The van der Waals surface area contributed by atoms with E-state index in [-0.39, 0.29) is 5.97 Å². The number of hydrogen-bond donors (Lipinski definition) is 0. The number of ether oxygens (including phenoxy) is 1. The Bertz CT molecular complexity index is 726. The van der Waals surface area contributed by atoms with Crippen molar-refractivity contribution in [2.24, 2.45) is 0 Å². The molecule has 0 heterocycles. The Hall–Kier alpha value is -2.53. The van der Waals surface area contributed by atoms with Gasteiger partial charge in [0.1, 0.15) is 5.60 Å². The first-order valence-electron chi connectivity index (χ1n) is 7.21. The molecule has 0 spiro atoms. The Balaban J connectivity index is 2.24. The van der Waals surface area contributed by atoms with Gasteiger partial charge in [-0.3, -0.25) is 0 Å². The van der Waals surface area contributed by atoms with Gasteiger partial charge in [-0.2, -0.15) is 0 Å². The number of aryl methyl sites for hydroxylation is 1. The van der Waals surface area contributed by atoms with Crippen molar-refractivity contribution >= 4 is 5.97 Å². The van der Waals surface area contributed by atoms with Crippen molar-refractivity contribution in [1.29, 1.82) is 0 Å². The first kappa shape index (κ1) is 15.9. The molecule has 0 aromatic heterocycles. The molecule has 0 N–H and O–H groups in total. The second kappa shape index (κ2) is 6.07. The average molecular weight is 292 g/mol. The maximum atomic E-state index is 12.0. The van der Waals surface area contributed by atoms with Gasteiger partial charge in [0.05, 0.1) is 5.56 Å². The molecule has 0 bridgehead atoms. The minimum atomic E-state index is -0.488. The summed E-state index contributed by atoms with van der Waals surface area (Å²) in [5.74, 6) is 2.35. The van der Waals surface area contributed by atoms with Gasteiger partial charge in [0.15, 0.2) is 0 Å². The van der Waals surface area contributed by atoms with Crippen LogP contribution in [0.2, 0.25) is 0 Å². The van der Waals surface area contributed by atoms with E-state index in [9.17, 15) is 4.79 Å². The van der Waals surface area contributed by atoms with Gasteiger partial charge >= 0.3 is 5.97 Å². The fourth-order valence-electron chi connectivity index (χ4n) is 2.14. The van der Waals surface area contributed by atoms with Crippen molar-refractivity contribution < 1.29 is 9.53 Å². The molecule has 0 saturated heterocycles. The molecule has 2 rings (SSSR count). The molecule has 22 heavy (non-hydrogen) atoms. The highest BCUT2D eigenvalue weighted by Crippen LogP contribution is 2.23. The summed E-state index contributed by atoms with van der Waals surface area (Å²) in [6.07, 6.45) is 5.44. The summed E-state index contributed by atoms with van der Waals surface area (Å²) < 4.78 is 5.36. The third-order valence-corrected chi connectivity index (χ3v) is 3.23. The molecule has 0 aliphatic rings. The molecule has 2 nitrogen and oxygen atoms in total. The van der Waals surface area contributed by atoms with Gasteiger partial charge < -0.3 is 4.74 Å². The maximum absolute atomic E-state index is 12.0. The summed E-state index contributed by atoms with van der Waals surface area (Å²) in [6, 6.07) is 13.4. The van der Waals surface area contributed by atoms with Crippen molar-refractivity contribution in [3.8, 4) is 23.5 Å². The topological polar surface area (TPSA) is 26.3 Å². The van der Waals surface area contributed by atoms with Crippen LogP contribution in [0.4, 0.5) is 0 Å². The van der Waals surface area contributed by atoms with Crippen molar-refractivity contribution in [2.45, 2.75) is 33.3 Å². The smallest absolute Gasteiger partial charge is 0.338 e. The Morgan fingerprint density at radius 3 is 2.14 bits per heavy atom. The third kappa shape index (κ3) is 3.77. The van der Waals surface area contributed by atoms with Crippen LogP contribution in [-0.2, 0) is 4.74 Å². The van der Waals surface area contributed by atoms with E-state index in [1.807, 2.05) is 52.0 Å². The lowest BCUT2D eigenvalue weighted by Gasteiger charge is -2.19. The number of terminal acetylenes is 1. The number of hydrogen-bond acceptors (Lipinski definition) is 2. The SMILES string of the molecule is C#Cc1ccc(-c2ccc(C(=O)OC(C)(C)C)cc2)cc1C. The Morgan fingerprint density at radius 1 is 1.05 bits per heavy atom. The average Bonchev–Trinajstić information content (AvgIpc) is 2.45. The quantitative estimate of drug-likeness (QED) is 0.597. The van der Waals surface area contributed by atoms with Gasteiger partial charge in [-0.05, 0) is 62.6 Å². The molecule has 0 aliphatic carbocycles. The summed E-state index contributed by atoms with van der Waals surface area (Å²) in [4.78, 5) is 12.0. The van der Waals surface area contributed by atoms with E-state index in [1.165, 1.54) is 0 Å². The van der Waals surface area contributed by atoms with Crippen LogP contribution in [0.1, 0.15) is 42.3 Å². The van der Waals surface area contributed by atoms with Crippen LogP contribution in [0.5, 0.6) is 0 Å². The number of benzene rings is 2. The largest absolute Gasteiger partial charge is 0.456 e. The van der Waals surface area contributed by atoms with Crippen molar-refractivity contribution in [1.82, 2.24) is 0 Å². The van der Waals surface area contributed by atoms with Crippen LogP contribution in [0.3, 0.4) is 0 Å². The molecule has 0 fully saturated rings. The Morgan fingerprint density at radius 2 is 1.64 bits per heavy atom. The van der Waals surface area contributed by atoms with Crippen LogP contribution >= 0.6 is 0 Å². The fraction of sp³-hybridized carbons (Fsp3) is 0.250. The Labute approximate surface area is 132 Å². The van der Waals surface area contributed by atoms with E-state index in [0.29, 0.717) is 5.56 Å². The standard InChI is InChI=1S/C20H20O2/c1-6-15-7-12-18(13-14(15)2)16-8-10-17(11-9-16)19(21)22-20(3,4)5/h1,7-13H,2-5H3. The van der Waals surface area contributed by atoms with Crippen LogP contribution < -0.4 is 0 Å². The van der Waals surface area contributed by atoms with Crippen molar-refractivity contribution in [3.05, 3.63) is 59.2 Å². The summed E-state index contributed by atoms with van der Waals surface area (Å²) >= 11 is 0. The van der Waals surface area contributed by atoms with E-state index < -0.39 is 5.60 Å². The molecule has 0 amide bonds. The molecular formula is C20H20O2. The first-order valence-corrected chi connectivity index (χ1v) is 7.21. The molecule has 0 radical (unpaired) electrons. The fourth-order valence-corrected chi connectivity index (χ4v) is 2.14. The van der Waals surface area contributed by atoms with E-state index in [1.54, 1.807) is 12.1 Å². The summed E-state index contributed by atoms with van der Waals surface area (Å²) in [6.45, 7) is 7.56. The summed E-state index contributed by atoms with van der Waals surface area (Å²) in [5, 5.41) is 0. The zero-order chi connectivity index (χ0) is 16.3. The van der Waals surface area contributed by atoms with Crippen LogP contribution in [-0.4, -0.2) is 11.6 Å². The third-order valence-electron chi connectivity index (χ3n) is 3.23. The van der Waals surface area contributed by atoms with Gasteiger partial charge in [-0.25, -0.2) is 4.79 Å². The molecule has 2 heteroatoms. The number of esters is 1. The Kier molecular flexibility index (Phi) is 4.37. The minimum absolute atomic E-state index is 0.307. The van der Waals surface area contributed by atoms with E-state index in [4.69, 9.17) is 11.2 Å². The molecular weight excluding hydrogens is 272 g/mol. The van der Waals surface area contributed by atoms with E-state index >= 15 is 0 Å². The molecule has 112 valence electrons. The van der Waals surface area contributed by atoms with E-state index in [2.05, 4.69) is 12.0 Å². The summed E-state index contributed by atoms with van der Waals surface area (Å²) in [7, 11) is 0. The van der Waals surface area contributed by atoms with Crippen molar-refractivity contribution in [3.63, 3.8) is 0 Å². The van der Waals surface area contributed by atoms with Crippen LogP contribution in [0.15, 0.2) is 42.5 Å². The van der Waals surface area contributed by atoms with E-state index in [0.717, 1.165) is 22.3 Å². The lowest BCUT2D eigenvalue weighted by Crippen LogP contribution is -2.23. The molecule has 0 unspecified atom stereocenters. The monoisotopic (exact) mass is 292 g/mol. The van der Waals surface area contributed by atoms with Gasteiger partial charge in [-0.15, -0.1) is 6.42 Å². The van der Waals surface area contributed by atoms with Crippen LogP contribution in [0.25, 0.3) is 11.1 Å². The lowest BCUT2D eigenvalue weighted by molar-refractivity contribution is 0.00696. The predicted molar refractivity (Wildman–Crippen MR) is 89.7 cm³/mol. The number of rotatable bonds is 2.